The molecule has 0 bridgehead atoms. The van der Waals surface area contributed by atoms with Crippen LogP contribution in [0.15, 0.2) is 44.3 Å². The van der Waals surface area contributed by atoms with Crippen LogP contribution in [0, 0.1) is 0 Å². The number of benzene rings is 1. The summed E-state index contributed by atoms with van der Waals surface area (Å²) >= 11 is 2.01. The van der Waals surface area contributed by atoms with Gasteiger partial charge >= 0.3 is 127 Å². The third-order valence-corrected chi connectivity index (χ3v) is 7.43. The summed E-state index contributed by atoms with van der Waals surface area (Å²) in [5.74, 6) is 0. The molecule has 1 aromatic carbocycles. The molecule has 0 aliphatic rings. The summed E-state index contributed by atoms with van der Waals surface area (Å²) in [6.07, 6.45) is 6.77. The normalized spacial score (nSPS) is 11.8. The number of allylic oxidation sites excluding steroid dienone is 1. The van der Waals surface area contributed by atoms with E-state index in [2.05, 4.69) is 49.6 Å². The first-order valence-corrected chi connectivity index (χ1v) is 10.6. The van der Waals surface area contributed by atoms with Crippen molar-refractivity contribution in [3.8, 4) is 0 Å². The molecule has 0 amide bonds. The molecule has 1 aromatic rings. The number of unbranched alkanes of at least 4 members (excludes halogenated alkanes) is 2. The number of rotatable bonds is 9. The Morgan fingerprint density at radius 1 is 1.11 bits per heavy atom. The second-order valence-corrected chi connectivity index (χ2v) is 8.75. The Balaban J connectivity index is 2.46. The Labute approximate surface area is 127 Å². The van der Waals surface area contributed by atoms with E-state index in [4.69, 9.17) is 0 Å². The SMILES string of the molecule is CCCC[Te]/C(=C\Sc1ccccc1)CCCC. The fourth-order valence-corrected chi connectivity index (χ4v) is 6.07. The Morgan fingerprint density at radius 3 is 2.50 bits per heavy atom. The van der Waals surface area contributed by atoms with Crippen molar-refractivity contribution in [1.29, 1.82) is 0 Å². The van der Waals surface area contributed by atoms with Gasteiger partial charge in [-0.1, -0.05) is 0 Å². The van der Waals surface area contributed by atoms with Crippen LogP contribution in [0.5, 0.6) is 0 Å². The summed E-state index contributed by atoms with van der Waals surface area (Å²) in [6, 6.07) is 10.7. The van der Waals surface area contributed by atoms with Crippen molar-refractivity contribution in [1.82, 2.24) is 0 Å². The minimum absolute atomic E-state index is 0.0995. The van der Waals surface area contributed by atoms with Gasteiger partial charge in [0.1, 0.15) is 0 Å². The summed E-state index contributed by atoms with van der Waals surface area (Å²) in [6.45, 7) is 4.58. The van der Waals surface area contributed by atoms with Crippen LogP contribution in [0.25, 0.3) is 0 Å². The van der Waals surface area contributed by atoms with Crippen molar-refractivity contribution in [2.75, 3.05) is 0 Å². The molecule has 0 saturated heterocycles. The molecule has 18 heavy (non-hydrogen) atoms. The average Bonchev–Trinajstić information content (AvgIpc) is 2.42. The molecule has 0 aliphatic heterocycles. The standard InChI is InChI=1S/C16H24STe/c1-3-5-12-16(18-13-6-4-2)14-17-15-10-8-7-9-11-15/h7-11,14H,3-6,12-13H2,1-2H3/b16-14-. The van der Waals surface area contributed by atoms with Crippen LogP contribution in [0.1, 0.15) is 46.0 Å². The van der Waals surface area contributed by atoms with Gasteiger partial charge in [0.25, 0.3) is 0 Å². The molecule has 100 valence electrons. The summed E-state index contributed by atoms with van der Waals surface area (Å²) in [5, 5.41) is 2.45. The van der Waals surface area contributed by atoms with Crippen LogP contribution in [0.3, 0.4) is 0 Å². The molecule has 0 heterocycles. The third kappa shape index (κ3) is 7.52. The van der Waals surface area contributed by atoms with Gasteiger partial charge in [0.05, 0.1) is 0 Å². The molecule has 2 heteroatoms. The average molecular weight is 376 g/mol. The van der Waals surface area contributed by atoms with Crippen LogP contribution < -0.4 is 0 Å². The van der Waals surface area contributed by atoms with Crippen LogP contribution in [0.2, 0.25) is 4.47 Å². The minimum atomic E-state index is 0.0995. The maximum absolute atomic E-state index is 2.45. The molecule has 0 nitrogen and oxygen atoms in total. The predicted molar refractivity (Wildman–Crippen MR) is 85.4 cm³/mol. The van der Waals surface area contributed by atoms with E-state index < -0.39 is 0 Å². The van der Waals surface area contributed by atoms with Crippen LogP contribution in [-0.4, -0.2) is 20.9 Å². The van der Waals surface area contributed by atoms with Gasteiger partial charge in [-0.3, -0.25) is 0 Å². The zero-order valence-electron chi connectivity index (χ0n) is 11.5. The molecule has 0 aromatic heterocycles. The molecule has 0 atom stereocenters. The van der Waals surface area contributed by atoms with E-state index in [1.54, 1.807) is 3.62 Å². The van der Waals surface area contributed by atoms with Gasteiger partial charge in [-0.05, 0) is 0 Å². The summed E-state index contributed by atoms with van der Waals surface area (Å²) in [7, 11) is 0. The van der Waals surface area contributed by atoms with E-state index in [-0.39, 0.29) is 20.9 Å². The molecule has 1 rings (SSSR count). The molecular weight excluding hydrogens is 352 g/mol. The van der Waals surface area contributed by atoms with Crippen LogP contribution in [0.4, 0.5) is 0 Å². The van der Waals surface area contributed by atoms with Gasteiger partial charge in [-0.15, -0.1) is 0 Å². The monoisotopic (exact) mass is 378 g/mol. The van der Waals surface area contributed by atoms with Gasteiger partial charge in [0.15, 0.2) is 0 Å². The first kappa shape index (κ1) is 16.2. The first-order chi connectivity index (χ1) is 8.86. The van der Waals surface area contributed by atoms with Crippen molar-refractivity contribution in [3.05, 3.63) is 39.4 Å². The summed E-state index contributed by atoms with van der Waals surface area (Å²) in [5.41, 5.74) is 0. The van der Waals surface area contributed by atoms with Crippen LogP contribution >= 0.6 is 11.8 Å². The molecular formula is C16H24STe. The molecule has 0 fully saturated rings. The first-order valence-electron chi connectivity index (χ1n) is 6.90. The zero-order valence-corrected chi connectivity index (χ0v) is 14.7. The maximum atomic E-state index is 2.45. The molecule has 0 aliphatic carbocycles. The molecule has 0 radical (unpaired) electrons. The van der Waals surface area contributed by atoms with E-state index in [0.717, 1.165) is 0 Å². The van der Waals surface area contributed by atoms with Crippen molar-refractivity contribution < 1.29 is 0 Å². The second-order valence-electron chi connectivity index (χ2n) is 4.32. The number of thioether (sulfide) groups is 1. The van der Waals surface area contributed by atoms with Crippen molar-refractivity contribution in [3.63, 3.8) is 0 Å². The quantitative estimate of drug-likeness (QED) is 0.301. The van der Waals surface area contributed by atoms with Gasteiger partial charge < -0.3 is 0 Å². The van der Waals surface area contributed by atoms with E-state index in [9.17, 15) is 0 Å². The van der Waals surface area contributed by atoms with Gasteiger partial charge in [0, 0.05) is 0 Å². The number of hydrogen-bond donors (Lipinski definition) is 0. The van der Waals surface area contributed by atoms with Gasteiger partial charge in [0.2, 0.25) is 0 Å². The molecule has 0 N–H and O–H groups in total. The van der Waals surface area contributed by atoms with Crippen molar-refractivity contribution in [2.24, 2.45) is 0 Å². The number of hydrogen-bond acceptors (Lipinski definition) is 1. The molecule has 0 spiro atoms. The van der Waals surface area contributed by atoms with Gasteiger partial charge in [-0.2, -0.15) is 0 Å². The Hall–Kier alpha value is 0.0996. The van der Waals surface area contributed by atoms with Crippen molar-refractivity contribution >= 4 is 32.7 Å². The molecule has 0 unspecified atom stereocenters. The van der Waals surface area contributed by atoms with Gasteiger partial charge in [-0.25, -0.2) is 0 Å². The zero-order chi connectivity index (χ0) is 13.1. The fourth-order valence-electron chi connectivity index (χ4n) is 1.50. The fraction of sp³-hybridized carbons (Fsp3) is 0.500. The summed E-state index contributed by atoms with van der Waals surface area (Å²) < 4.78 is 3.25. The topological polar surface area (TPSA) is 0 Å². The van der Waals surface area contributed by atoms with E-state index in [1.165, 1.54) is 41.5 Å². The van der Waals surface area contributed by atoms with E-state index >= 15 is 0 Å². The summed E-state index contributed by atoms with van der Waals surface area (Å²) in [4.78, 5) is 1.37. The third-order valence-electron chi connectivity index (χ3n) is 2.63. The Morgan fingerprint density at radius 2 is 1.83 bits per heavy atom. The predicted octanol–water partition coefficient (Wildman–Crippen LogP) is 5.73. The van der Waals surface area contributed by atoms with Crippen LogP contribution in [-0.2, 0) is 0 Å². The Kier molecular flexibility index (Phi) is 9.85. The van der Waals surface area contributed by atoms with E-state index in [1.807, 2.05) is 11.8 Å². The van der Waals surface area contributed by atoms with E-state index in [0.29, 0.717) is 0 Å². The van der Waals surface area contributed by atoms with Crippen molar-refractivity contribution in [2.45, 2.75) is 55.3 Å². The Bertz CT molecular complexity index is 332. The second kappa shape index (κ2) is 11.0. The molecule has 0 saturated carbocycles.